The molecule has 0 aliphatic carbocycles. The highest BCUT2D eigenvalue weighted by Crippen LogP contribution is 2.06. The normalized spacial score (nSPS) is 17.3. The molecule has 86 valence electrons. The van der Waals surface area contributed by atoms with Crippen molar-refractivity contribution in [2.45, 2.75) is 26.7 Å². The highest BCUT2D eigenvalue weighted by Gasteiger charge is 2.21. The molecular formula is C11H20N2O2. The lowest BCUT2D eigenvalue weighted by Crippen LogP contribution is -2.44. The topological polar surface area (TPSA) is 40.6 Å². The summed E-state index contributed by atoms with van der Waals surface area (Å²) in [5.74, 6) is 0.438. The van der Waals surface area contributed by atoms with Crippen LogP contribution in [-0.4, -0.2) is 54.2 Å². The Morgan fingerprint density at radius 1 is 1.27 bits per heavy atom. The number of amides is 1. The van der Waals surface area contributed by atoms with Crippen molar-refractivity contribution in [2.24, 2.45) is 0 Å². The minimum Gasteiger partial charge on any atom is -0.341 e. The van der Waals surface area contributed by atoms with Crippen LogP contribution < -0.4 is 0 Å². The number of nitrogens with zero attached hydrogens (tertiary/aromatic N) is 2. The average molecular weight is 212 g/mol. The van der Waals surface area contributed by atoms with Crippen molar-refractivity contribution >= 4 is 11.7 Å². The quantitative estimate of drug-likeness (QED) is 0.682. The largest absolute Gasteiger partial charge is 0.341 e. The van der Waals surface area contributed by atoms with Crippen molar-refractivity contribution in [3.8, 4) is 0 Å². The summed E-state index contributed by atoms with van der Waals surface area (Å²) in [6, 6.07) is 0. The van der Waals surface area contributed by atoms with Gasteiger partial charge in [0, 0.05) is 25.9 Å². The number of likely N-dealkylation sites (N-methyl/N-ethyl adjacent to an activating group) is 1. The molecular weight excluding hydrogens is 192 g/mol. The smallest absolute Gasteiger partial charge is 0.236 e. The monoisotopic (exact) mass is 212 g/mol. The van der Waals surface area contributed by atoms with Gasteiger partial charge in [-0.1, -0.05) is 13.8 Å². The molecule has 0 atom stereocenters. The molecule has 0 aromatic carbocycles. The minimum atomic E-state index is 0.159. The standard InChI is InChI=1S/C11H20N2O2/c1-3-12(4-2)9-11(15)13-7-5-10(14)6-8-13/h3-9H2,1-2H3. The van der Waals surface area contributed by atoms with E-state index in [1.54, 1.807) is 4.90 Å². The van der Waals surface area contributed by atoms with Crippen LogP contribution in [0.25, 0.3) is 0 Å². The summed E-state index contributed by atoms with van der Waals surface area (Å²) in [6.45, 7) is 7.61. The van der Waals surface area contributed by atoms with Crippen LogP contribution in [0.1, 0.15) is 26.7 Å². The Kier molecular flexibility index (Phi) is 4.75. The lowest BCUT2D eigenvalue weighted by molar-refractivity contribution is -0.135. The maximum Gasteiger partial charge on any atom is 0.236 e. The maximum atomic E-state index is 11.8. The van der Waals surface area contributed by atoms with Crippen LogP contribution in [0, 0.1) is 0 Å². The van der Waals surface area contributed by atoms with Crippen molar-refractivity contribution in [3.63, 3.8) is 0 Å². The van der Waals surface area contributed by atoms with Gasteiger partial charge in [-0.15, -0.1) is 0 Å². The molecule has 0 aromatic rings. The van der Waals surface area contributed by atoms with Crippen LogP contribution in [0.5, 0.6) is 0 Å². The lowest BCUT2D eigenvalue weighted by atomic mass is 10.1. The number of Topliss-reactive ketones (excluding diaryl/α,β-unsaturated/α-hetero) is 1. The number of carbonyl (C=O) groups excluding carboxylic acids is 2. The predicted octanol–water partition coefficient (Wildman–Crippen LogP) is 0.520. The zero-order valence-electron chi connectivity index (χ0n) is 9.66. The Morgan fingerprint density at radius 3 is 2.27 bits per heavy atom. The Morgan fingerprint density at radius 2 is 1.80 bits per heavy atom. The van der Waals surface area contributed by atoms with Crippen molar-refractivity contribution in [3.05, 3.63) is 0 Å². The fourth-order valence-corrected chi connectivity index (χ4v) is 1.74. The molecule has 1 heterocycles. The molecule has 0 radical (unpaired) electrons. The first-order valence-corrected chi connectivity index (χ1v) is 5.69. The van der Waals surface area contributed by atoms with E-state index >= 15 is 0 Å². The molecule has 0 spiro atoms. The van der Waals surface area contributed by atoms with Gasteiger partial charge in [-0.05, 0) is 13.1 Å². The zero-order chi connectivity index (χ0) is 11.3. The SMILES string of the molecule is CCN(CC)CC(=O)N1CCC(=O)CC1. The van der Waals surface area contributed by atoms with Crippen LogP contribution in [0.15, 0.2) is 0 Å². The van der Waals surface area contributed by atoms with Gasteiger partial charge in [0.1, 0.15) is 5.78 Å². The lowest BCUT2D eigenvalue weighted by Gasteiger charge is -2.28. The summed E-state index contributed by atoms with van der Waals surface area (Å²) >= 11 is 0. The number of carbonyl (C=O) groups is 2. The van der Waals surface area contributed by atoms with Crippen LogP contribution >= 0.6 is 0 Å². The zero-order valence-corrected chi connectivity index (χ0v) is 9.66. The van der Waals surface area contributed by atoms with Gasteiger partial charge in [0.15, 0.2) is 0 Å². The minimum absolute atomic E-state index is 0.159. The Hall–Kier alpha value is -0.900. The maximum absolute atomic E-state index is 11.8. The summed E-state index contributed by atoms with van der Waals surface area (Å²) in [6.07, 6.45) is 1.06. The number of likely N-dealkylation sites (tertiary alicyclic amines) is 1. The summed E-state index contributed by atoms with van der Waals surface area (Å²) in [4.78, 5) is 26.7. The molecule has 0 N–H and O–H groups in total. The molecule has 1 aliphatic rings. The fraction of sp³-hybridized carbons (Fsp3) is 0.818. The van der Waals surface area contributed by atoms with Gasteiger partial charge in [0.05, 0.1) is 6.54 Å². The second-order valence-corrected chi connectivity index (χ2v) is 3.88. The highest BCUT2D eigenvalue weighted by atomic mass is 16.2. The van der Waals surface area contributed by atoms with Crippen LogP contribution in [0.4, 0.5) is 0 Å². The van der Waals surface area contributed by atoms with Gasteiger partial charge in [0.25, 0.3) is 0 Å². The molecule has 4 nitrogen and oxygen atoms in total. The molecule has 0 saturated carbocycles. The van der Waals surface area contributed by atoms with E-state index in [0.29, 0.717) is 32.5 Å². The van der Waals surface area contributed by atoms with Crippen molar-refractivity contribution in [2.75, 3.05) is 32.7 Å². The first kappa shape index (κ1) is 12.2. The first-order chi connectivity index (χ1) is 7.17. The second-order valence-electron chi connectivity index (χ2n) is 3.88. The van der Waals surface area contributed by atoms with Crippen molar-refractivity contribution in [1.29, 1.82) is 0 Å². The van der Waals surface area contributed by atoms with Gasteiger partial charge in [0.2, 0.25) is 5.91 Å². The van der Waals surface area contributed by atoms with Gasteiger partial charge in [-0.3, -0.25) is 14.5 Å². The van der Waals surface area contributed by atoms with Gasteiger partial charge >= 0.3 is 0 Å². The number of ketones is 1. The number of rotatable bonds is 4. The van der Waals surface area contributed by atoms with Crippen molar-refractivity contribution < 1.29 is 9.59 Å². The molecule has 0 unspecified atom stereocenters. The predicted molar refractivity (Wildman–Crippen MR) is 58.6 cm³/mol. The third-order valence-electron chi connectivity index (χ3n) is 2.93. The van der Waals surface area contributed by atoms with E-state index in [2.05, 4.69) is 18.7 Å². The second kappa shape index (κ2) is 5.85. The highest BCUT2D eigenvalue weighted by molar-refractivity contribution is 5.84. The summed E-state index contributed by atoms with van der Waals surface area (Å²) < 4.78 is 0. The Balaban J connectivity index is 2.36. The van der Waals surface area contributed by atoms with E-state index in [1.807, 2.05) is 0 Å². The molecule has 0 aromatic heterocycles. The third-order valence-corrected chi connectivity index (χ3v) is 2.93. The first-order valence-electron chi connectivity index (χ1n) is 5.69. The van der Waals surface area contributed by atoms with Crippen LogP contribution in [-0.2, 0) is 9.59 Å². The number of hydrogen-bond acceptors (Lipinski definition) is 3. The van der Waals surface area contributed by atoms with Crippen molar-refractivity contribution in [1.82, 2.24) is 9.80 Å². The summed E-state index contributed by atoms with van der Waals surface area (Å²) in [7, 11) is 0. The van der Waals surface area contributed by atoms with E-state index in [9.17, 15) is 9.59 Å². The van der Waals surface area contributed by atoms with Crippen LogP contribution in [0.2, 0.25) is 0 Å². The van der Waals surface area contributed by atoms with E-state index in [4.69, 9.17) is 0 Å². The van der Waals surface area contributed by atoms with E-state index in [0.717, 1.165) is 13.1 Å². The van der Waals surface area contributed by atoms with Crippen LogP contribution in [0.3, 0.4) is 0 Å². The number of piperidine rings is 1. The van der Waals surface area contributed by atoms with E-state index in [-0.39, 0.29) is 11.7 Å². The Labute approximate surface area is 91.2 Å². The van der Waals surface area contributed by atoms with E-state index < -0.39 is 0 Å². The summed E-state index contributed by atoms with van der Waals surface area (Å²) in [5.41, 5.74) is 0. The summed E-state index contributed by atoms with van der Waals surface area (Å²) in [5, 5.41) is 0. The van der Waals surface area contributed by atoms with Gasteiger partial charge < -0.3 is 4.90 Å². The molecule has 1 fully saturated rings. The Bertz CT molecular complexity index is 227. The number of hydrogen-bond donors (Lipinski definition) is 0. The fourth-order valence-electron chi connectivity index (χ4n) is 1.74. The van der Waals surface area contributed by atoms with Gasteiger partial charge in [-0.25, -0.2) is 0 Å². The molecule has 0 bridgehead atoms. The third kappa shape index (κ3) is 3.63. The molecule has 15 heavy (non-hydrogen) atoms. The van der Waals surface area contributed by atoms with E-state index in [1.165, 1.54) is 0 Å². The van der Waals surface area contributed by atoms with Gasteiger partial charge in [-0.2, -0.15) is 0 Å². The molecule has 1 rings (SSSR count). The molecule has 4 heteroatoms. The molecule has 1 amide bonds. The molecule has 1 saturated heterocycles. The molecule has 1 aliphatic heterocycles. The average Bonchev–Trinajstić information content (AvgIpc) is 2.26.